The lowest BCUT2D eigenvalue weighted by molar-refractivity contribution is 0.102. The van der Waals surface area contributed by atoms with Crippen molar-refractivity contribution in [3.63, 3.8) is 0 Å². The fourth-order valence-corrected chi connectivity index (χ4v) is 3.13. The Hall–Kier alpha value is -2.88. The molecule has 1 amide bonds. The maximum atomic E-state index is 14.4. The summed E-state index contributed by atoms with van der Waals surface area (Å²) in [5.41, 5.74) is 0.572. The predicted molar refractivity (Wildman–Crippen MR) is 102 cm³/mol. The number of amides is 1. The minimum absolute atomic E-state index is 0.288. The van der Waals surface area contributed by atoms with E-state index in [0.29, 0.717) is 23.4 Å². The van der Waals surface area contributed by atoms with Crippen molar-refractivity contribution in [3.05, 3.63) is 40.5 Å². The van der Waals surface area contributed by atoms with Gasteiger partial charge in [-0.25, -0.2) is 18.7 Å². The zero-order valence-corrected chi connectivity index (χ0v) is 16.6. The second kappa shape index (κ2) is 8.24. The summed E-state index contributed by atoms with van der Waals surface area (Å²) in [5.74, 6) is -5.52. The van der Waals surface area contributed by atoms with Gasteiger partial charge in [-0.05, 0) is 27.0 Å². The molecule has 0 unspecified atom stereocenters. The van der Waals surface area contributed by atoms with Crippen LogP contribution in [0.1, 0.15) is 21.7 Å². The zero-order chi connectivity index (χ0) is 21.3. The molecule has 1 fully saturated rings. The van der Waals surface area contributed by atoms with Crippen LogP contribution in [0.25, 0.3) is 0 Å². The van der Waals surface area contributed by atoms with E-state index >= 15 is 0 Å². The van der Waals surface area contributed by atoms with Crippen molar-refractivity contribution in [1.82, 2.24) is 14.9 Å². The summed E-state index contributed by atoms with van der Waals surface area (Å²) >= 11 is 0. The SMILES string of the molecule is COc1c(F)c(F)cc(C(=O)Nc2c(C)nc(N3CCN(C)CC3)nc2C)c1F. The molecule has 1 saturated heterocycles. The third-order valence-electron chi connectivity index (χ3n) is 4.85. The summed E-state index contributed by atoms with van der Waals surface area (Å²) in [6.45, 7) is 6.70. The number of aryl methyl sites for hydroxylation is 2. The highest BCUT2D eigenvalue weighted by molar-refractivity contribution is 6.05. The van der Waals surface area contributed by atoms with Crippen LogP contribution < -0.4 is 15.0 Å². The summed E-state index contributed by atoms with van der Waals surface area (Å²) in [7, 11) is 3.03. The Morgan fingerprint density at radius 2 is 1.66 bits per heavy atom. The van der Waals surface area contributed by atoms with Gasteiger partial charge >= 0.3 is 0 Å². The van der Waals surface area contributed by atoms with E-state index in [4.69, 9.17) is 0 Å². The second-order valence-electron chi connectivity index (χ2n) is 6.88. The van der Waals surface area contributed by atoms with Gasteiger partial charge in [0.15, 0.2) is 17.4 Å². The molecule has 2 aromatic rings. The van der Waals surface area contributed by atoms with Crippen molar-refractivity contribution in [2.24, 2.45) is 0 Å². The lowest BCUT2D eigenvalue weighted by atomic mass is 10.1. The summed E-state index contributed by atoms with van der Waals surface area (Å²) in [5, 5.41) is 2.50. The van der Waals surface area contributed by atoms with Gasteiger partial charge in [0, 0.05) is 26.2 Å². The number of anilines is 2. The molecule has 0 spiro atoms. The second-order valence-corrected chi connectivity index (χ2v) is 6.88. The first-order valence-electron chi connectivity index (χ1n) is 9.04. The Morgan fingerprint density at radius 3 is 2.21 bits per heavy atom. The van der Waals surface area contributed by atoms with Crippen LogP contribution in [0.15, 0.2) is 6.07 Å². The Kier molecular flexibility index (Phi) is 5.92. The Bertz CT molecular complexity index is 923. The molecule has 0 bridgehead atoms. The predicted octanol–water partition coefficient (Wildman–Crippen LogP) is 2.52. The van der Waals surface area contributed by atoms with Crippen molar-refractivity contribution < 1.29 is 22.7 Å². The largest absolute Gasteiger partial charge is 0.491 e. The first kappa shape index (κ1) is 20.8. The monoisotopic (exact) mass is 409 g/mol. The number of benzene rings is 1. The highest BCUT2D eigenvalue weighted by Crippen LogP contribution is 2.28. The number of likely N-dealkylation sites (N-methyl/N-ethyl adjacent to an activating group) is 1. The molecule has 0 atom stereocenters. The third-order valence-corrected chi connectivity index (χ3v) is 4.85. The van der Waals surface area contributed by atoms with Gasteiger partial charge in [-0.1, -0.05) is 0 Å². The molecule has 3 rings (SSSR count). The fourth-order valence-electron chi connectivity index (χ4n) is 3.13. The lowest BCUT2D eigenvalue weighted by Crippen LogP contribution is -2.45. The van der Waals surface area contributed by atoms with Crippen molar-refractivity contribution in [2.45, 2.75) is 13.8 Å². The summed E-state index contributed by atoms with van der Waals surface area (Å²) in [6.07, 6.45) is 0. The molecule has 0 aliphatic carbocycles. The van der Waals surface area contributed by atoms with Crippen LogP contribution in [0.2, 0.25) is 0 Å². The molecular formula is C19H22F3N5O2. The average Bonchev–Trinajstić information content (AvgIpc) is 2.68. The van der Waals surface area contributed by atoms with Crippen molar-refractivity contribution >= 4 is 17.5 Å². The molecular weight excluding hydrogens is 387 g/mol. The molecule has 1 aromatic carbocycles. The van der Waals surface area contributed by atoms with Crippen molar-refractivity contribution in [3.8, 4) is 5.75 Å². The number of halogens is 3. The molecule has 1 aromatic heterocycles. The van der Waals surface area contributed by atoms with Gasteiger partial charge in [0.05, 0.1) is 29.7 Å². The van der Waals surface area contributed by atoms with Gasteiger partial charge in [-0.3, -0.25) is 4.79 Å². The molecule has 1 N–H and O–H groups in total. The number of ether oxygens (including phenoxy) is 1. The molecule has 10 heteroatoms. The van der Waals surface area contributed by atoms with Gasteiger partial charge in [0.1, 0.15) is 0 Å². The highest BCUT2D eigenvalue weighted by Gasteiger charge is 2.25. The van der Waals surface area contributed by atoms with E-state index < -0.39 is 34.7 Å². The first-order valence-corrected chi connectivity index (χ1v) is 9.04. The Morgan fingerprint density at radius 1 is 1.07 bits per heavy atom. The lowest BCUT2D eigenvalue weighted by Gasteiger charge is -2.32. The number of piperazine rings is 1. The van der Waals surface area contributed by atoms with E-state index in [2.05, 4.69) is 24.9 Å². The number of carbonyl (C=O) groups is 1. The van der Waals surface area contributed by atoms with Crippen LogP contribution in [0.5, 0.6) is 5.75 Å². The number of nitrogens with one attached hydrogen (secondary N) is 1. The standard InChI is InChI=1S/C19H22F3N5O2/c1-10-16(11(2)24-19(23-10)27-7-5-26(3)6-8-27)25-18(28)12-9-13(20)15(22)17(29-4)14(12)21/h9H,5-8H2,1-4H3,(H,25,28). The number of nitrogens with zero attached hydrogens (tertiary/aromatic N) is 4. The number of hydrogen-bond acceptors (Lipinski definition) is 6. The van der Waals surface area contributed by atoms with E-state index in [0.717, 1.165) is 33.3 Å². The topological polar surface area (TPSA) is 70.6 Å². The molecule has 0 radical (unpaired) electrons. The third kappa shape index (κ3) is 4.12. The molecule has 2 heterocycles. The maximum Gasteiger partial charge on any atom is 0.258 e. The molecule has 29 heavy (non-hydrogen) atoms. The van der Waals surface area contributed by atoms with E-state index in [1.807, 2.05) is 11.9 Å². The average molecular weight is 409 g/mol. The van der Waals surface area contributed by atoms with E-state index in [-0.39, 0.29) is 5.69 Å². The maximum absolute atomic E-state index is 14.4. The molecule has 7 nitrogen and oxygen atoms in total. The van der Waals surface area contributed by atoms with Gasteiger partial charge in [-0.2, -0.15) is 4.39 Å². The summed E-state index contributed by atoms with van der Waals surface area (Å²) in [6, 6.07) is 0.493. The van der Waals surface area contributed by atoms with Crippen LogP contribution in [-0.4, -0.2) is 61.1 Å². The van der Waals surface area contributed by atoms with E-state index in [1.54, 1.807) is 13.8 Å². The number of rotatable bonds is 4. The number of hydrogen-bond donors (Lipinski definition) is 1. The molecule has 156 valence electrons. The summed E-state index contributed by atoms with van der Waals surface area (Å²) < 4.78 is 46.2. The van der Waals surface area contributed by atoms with Crippen molar-refractivity contribution in [1.29, 1.82) is 0 Å². The first-order chi connectivity index (χ1) is 13.7. The molecule has 1 aliphatic heterocycles. The summed E-state index contributed by atoms with van der Waals surface area (Å²) in [4.78, 5) is 25.7. The fraction of sp³-hybridized carbons (Fsp3) is 0.421. The minimum Gasteiger partial charge on any atom is -0.491 e. The van der Waals surface area contributed by atoms with Gasteiger partial charge in [0.2, 0.25) is 11.8 Å². The van der Waals surface area contributed by atoms with Gasteiger partial charge < -0.3 is 19.9 Å². The number of aromatic nitrogens is 2. The minimum atomic E-state index is -1.49. The molecule has 1 aliphatic rings. The van der Waals surface area contributed by atoms with E-state index in [1.165, 1.54) is 0 Å². The van der Waals surface area contributed by atoms with Crippen LogP contribution >= 0.6 is 0 Å². The van der Waals surface area contributed by atoms with Crippen LogP contribution in [-0.2, 0) is 0 Å². The van der Waals surface area contributed by atoms with Crippen LogP contribution in [0, 0.1) is 31.3 Å². The van der Waals surface area contributed by atoms with Gasteiger partial charge in [0.25, 0.3) is 5.91 Å². The number of carbonyl (C=O) groups excluding carboxylic acids is 1. The van der Waals surface area contributed by atoms with Crippen LogP contribution in [0.3, 0.4) is 0 Å². The molecule has 0 saturated carbocycles. The highest BCUT2D eigenvalue weighted by atomic mass is 19.2. The van der Waals surface area contributed by atoms with Gasteiger partial charge in [-0.15, -0.1) is 0 Å². The Labute approximate surface area is 166 Å². The normalized spacial score (nSPS) is 14.8. The number of methoxy groups -OCH3 is 1. The van der Waals surface area contributed by atoms with Crippen molar-refractivity contribution in [2.75, 3.05) is 50.6 Å². The van der Waals surface area contributed by atoms with Crippen LogP contribution in [0.4, 0.5) is 24.8 Å². The Balaban J connectivity index is 1.87. The quantitative estimate of drug-likeness (QED) is 0.783. The smallest absolute Gasteiger partial charge is 0.258 e. The van der Waals surface area contributed by atoms with E-state index in [9.17, 15) is 18.0 Å². The zero-order valence-electron chi connectivity index (χ0n) is 16.6.